The lowest BCUT2D eigenvalue weighted by Crippen LogP contribution is -2.50. The van der Waals surface area contributed by atoms with E-state index in [2.05, 4.69) is 0 Å². The van der Waals surface area contributed by atoms with Gasteiger partial charge in [-0.15, -0.1) is 0 Å². The van der Waals surface area contributed by atoms with E-state index in [0.29, 0.717) is 5.56 Å². The Kier molecular flexibility index (Phi) is 6.11. The van der Waals surface area contributed by atoms with Crippen molar-refractivity contribution in [3.63, 3.8) is 0 Å². The predicted octanol–water partition coefficient (Wildman–Crippen LogP) is 1.16. The fourth-order valence-electron chi connectivity index (χ4n) is 3.78. The van der Waals surface area contributed by atoms with Crippen LogP contribution in [-0.4, -0.2) is 76.6 Å². The molecule has 0 N–H and O–H groups in total. The van der Waals surface area contributed by atoms with Crippen molar-refractivity contribution < 1.29 is 31.2 Å². The van der Waals surface area contributed by atoms with Gasteiger partial charge in [-0.25, -0.2) is 25.9 Å². The Morgan fingerprint density at radius 1 is 1.16 bits per heavy atom. The first-order valence-electron chi connectivity index (χ1n) is 9.91. The molecule has 2 heterocycles. The standard InChI is InChI=1S/C19H27N3O7S2/c1-5-29-18(24)20-8-10-21(11-9-20)31(27,28)16-7-6-15(12-14(16)2)22-17(23)19(3,4)13-30(22,25)26/h6-7,12H,5,8-11,13H2,1-4H3. The molecule has 3 rings (SSSR count). The van der Waals surface area contributed by atoms with Crippen LogP contribution in [0, 0.1) is 12.3 Å². The lowest BCUT2D eigenvalue weighted by atomic mass is 9.95. The summed E-state index contributed by atoms with van der Waals surface area (Å²) in [5.74, 6) is -0.847. The minimum Gasteiger partial charge on any atom is -0.450 e. The molecule has 12 heteroatoms. The van der Waals surface area contributed by atoms with Crippen LogP contribution in [0.5, 0.6) is 0 Å². The fraction of sp³-hybridized carbons (Fsp3) is 0.579. The highest BCUT2D eigenvalue weighted by Gasteiger charge is 2.50. The summed E-state index contributed by atoms with van der Waals surface area (Å²) in [5.41, 5.74) is -0.590. The van der Waals surface area contributed by atoms with Gasteiger partial charge in [0, 0.05) is 26.2 Å². The molecule has 0 atom stereocenters. The molecule has 10 nitrogen and oxygen atoms in total. The van der Waals surface area contributed by atoms with Crippen LogP contribution in [0.4, 0.5) is 10.5 Å². The number of sulfonamides is 2. The van der Waals surface area contributed by atoms with Crippen LogP contribution < -0.4 is 4.31 Å². The lowest BCUT2D eigenvalue weighted by molar-refractivity contribution is -0.123. The zero-order chi connectivity index (χ0) is 23.2. The summed E-state index contributed by atoms with van der Waals surface area (Å²) in [7, 11) is -7.68. The van der Waals surface area contributed by atoms with Crippen molar-refractivity contribution in [1.29, 1.82) is 0 Å². The van der Waals surface area contributed by atoms with Gasteiger partial charge in [-0.05, 0) is 51.5 Å². The molecule has 172 valence electrons. The van der Waals surface area contributed by atoms with Gasteiger partial charge in [0.05, 0.1) is 28.4 Å². The first-order valence-corrected chi connectivity index (χ1v) is 13.0. The highest BCUT2D eigenvalue weighted by atomic mass is 32.2. The van der Waals surface area contributed by atoms with Crippen LogP contribution in [0.1, 0.15) is 26.3 Å². The SMILES string of the molecule is CCOC(=O)N1CCN(S(=O)(=O)c2ccc(N3C(=O)C(C)(C)CS3(=O)=O)cc2C)CC1. The summed E-state index contributed by atoms with van der Waals surface area (Å²) in [6, 6.07) is 4.07. The van der Waals surface area contributed by atoms with Gasteiger partial charge < -0.3 is 9.64 Å². The van der Waals surface area contributed by atoms with Crippen LogP contribution >= 0.6 is 0 Å². The topological polar surface area (TPSA) is 121 Å². The number of hydrogen-bond acceptors (Lipinski definition) is 7. The minimum absolute atomic E-state index is 0.0316. The molecule has 0 unspecified atom stereocenters. The molecule has 0 saturated carbocycles. The molecule has 0 aliphatic carbocycles. The molecule has 1 aromatic carbocycles. The number of rotatable bonds is 4. The van der Waals surface area contributed by atoms with E-state index in [9.17, 15) is 26.4 Å². The number of carbonyl (C=O) groups is 2. The number of carbonyl (C=O) groups excluding carboxylic acids is 2. The van der Waals surface area contributed by atoms with E-state index >= 15 is 0 Å². The van der Waals surface area contributed by atoms with Crippen molar-refractivity contribution in [1.82, 2.24) is 9.21 Å². The Balaban J connectivity index is 1.83. The largest absolute Gasteiger partial charge is 0.450 e. The molecular formula is C19H27N3O7S2. The summed E-state index contributed by atoms with van der Waals surface area (Å²) in [6.45, 7) is 7.30. The number of benzene rings is 1. The normalized spacial score (nSPS) is 21.4. The van der Waals surface area contributed by atoms with E-state index in [4.69, 9.17) is 4.74 Å². The molecule has 1 aromatic rings. The van der Waals surface area contributed by atoms with E-state index in [0.717, 1.165) is 4.31 Å². The Hall–Kier alpha value is -2.18. The van der Waals surface area contributed by atoms with Gasteiger partial charge >= 0.3 is 6.09 Å². The molecule has 2 amide bonds. The quantitative estimate of drug-likeness (QED) is 0.643. The minimum atomic E-state index is -3.86. The van der Waals surface area contributed by atoms with Crippen molar-refractivity contribution >= 4 is 37.7 Å². The van der Waals surface area contributed by atoms with Crippen LogP contribution in [0.15, 0.2) is 23.1 Å². The number of piperazine rings is 1. The summed E-state index contributed by atoms with van der Waals surface area (Å²) < 4.78 is 58.2. The molecular weight excluding hydrogens is 446 g/mol. The van der Waals surface area contributed by atoms with Crippen molar-refractivity contribution in [3.05, 3.63) is 23.8 Å². The van der Waals surface area contributed by atoms with Crippen molar-refractivity contribution in [3.8, 4) is 0 Å². The molecule has 31 heavy (non-hydrogen) atoms. The maximum atomic E-state index is 13.1. The Morgan fingerprint density at radius 3 is 2.26 bits per heavy atom. The van der Waals surface area contributed by atoms with Crippen molar-refractivity contribution in [2.24, 2.45) is 5.41 Å². The average Bonchev–Trinajstić information content (AvgIpc) is 2.84. The summed E-state index contributed by atoms with van der Waals surface area (Å²) in [5, 5.41) is 0. The second-order valence-electron chi connectivity index (χ2n) is 8.25. The molecule has 0 radical (unpaired) electrons. The number of amides is 2. The third-order valence-corrected chi connectivity index (χ3v) is 9.44. The maximum Gasteiger partial charge on any atom is 0.409 e. The number of anilines is 1. The van der Waals surface area contributed by atoms with E-state index < -0.39 is 37.5 Å². The molecule has 2 fully saturated rings. The van der Waals surface area contributed by atoms with E-state index in [1.165, 1.54) is 27.4 Å². The molecule has 0 spiro atoms. The van der Waals surface area contributed by atoms with E-state index in [-0.39, 0.29) is 49.1 Å². The monoisotopic (exact) mass is 473 g/mol. The van der Waals surface area contributed by atoms with E-state index in [1.807, 2.05) is 0 Å². The second-order valence-corrected chi connectivity index (χ2v) is 12.0. The van der Waals surface area contributed by atoms with Crippen LogP contribution in [-0.2, 0) is 29.6 Å². The Bertz CT molecular complexity index is 1110. The van der Waals surface area contributed by atoms with Crippen LogP contribution in [0.25, 0.3) is 0 Å². The Morgan fingerprint density at radius 2 is 1.77 bits per heavy atom. The summed E-state index contributed by atoms with van der Waals surface area (Å²) in [6.07, 6.45) is -0.473. The van der Waals surface area contributed by atoms with Gasteiger partial charge in [0.15, 0.2) is 0 Å². The molecule has 0 aromatic heterocycles. The molecule has 2 aliphatic heterocycles. The van der Waals surface area contributed by atoms with Crippen molar-refractivity contribution in [2.45, 2.75) is 32.6 Å². The first kappa shape index (κ1) is 23.5. The van der Waals surface area contributed by atoms with Crippen LogP contribution in [0.3, 0.4) is 0 Å². The number of nitrogens with zero attached hydrogens (tertiary/aromatic N) is 3. The van der Waals surface area contributed by atoms with E-state index in [1.54, 1.807) is 27.7 Å². The van der Waals surface area contributed by atoms with Gasteiger partial charge in [0.25, 0.3) is 0 Å². The zero-order valence-corrected chi connectivity index (χ0v) is 19.6. The maximum absolute atomic E-state index is 13.1. The third-order valence-electron chi connectivity index (χ3n) is 5.36. The highest BCUT2D eigenvalue weighted by Crippen LogP contribution is 2.37. The van der Waals surface area contributed by atoms with Gasteiger partial charge in [-0.1, -0.05) is 0 Å². The van der Waals surface area contributed by atoms with Gasteiger partial charge in [0.1, 0.15) is 0 Å². The molecule has 0 bridgehead atoms. The fourth-order valence-corrected chi connectivity index (χ4v) is 7.50. The second kappa shape index (κ2) is 8.06. The Labute approximate surface area is 182 Å². The molecule has 2 saturated heterocycles. The smallest absolute Gasteiger partial charge is 0.409 e. The molecule has 2 aliphatic rings. The number of ether oxygens (including phenoxy) is 1. The van der Waals surface area contributed by atoms with Crippen LogP contribution in [0.2, 0.25) is 0 Å². The summed E-state index contributed by atoms with van der Waals surface area (Å²) in [4.78, 5) is 25.9. The number of hydrogen-bond donors (Lipinski definition) is 0. The van der Waals surface area contributed by atoms with Crippen molar-refractivity contribution in [2.75, 3.05) is 42.8 Å². The average molecular weight is 474 g/mol. The highest BCUT2D eigenvalue weighted by molar-refractivity contribution is 7.94. The van der Waals surface area contributed by atoms with Gasteiger partial charge in [0.2, 0.25) is 26.0 Å². The zero-order valence-electron chi connectivity index (χ0n) is 18.0. The third kappa shape index (κ3) is 4.28. The van der Waals surface area contributed by atoms with Gasteiger partial charge in [-0.2, -0.15) is 4.31 Å². The predicted molar refractivity (Wildman–Crippen MR) is 114 cm³/mol. The number of aryl methyl sites for hydroxylation is 1. The van der Waals surface area contributed by atoms with Gasteiger partial charge in [-0.3, -0.25) is 4.79 Å². The lowest BCUT2D eigenvalue weighted by Gasteiger charge is -2.33. The summed E-state index contributed by atoms with van der Waals surface area (Å²) >= 11 is 0. The first-order chi connectivity index (χ1) is 14.3.